The molecule has 0 heterocycles. The Morgan fingerprint density at radius 1 is 0.685 bits per heavy atom. The molecule has 0 bridgehead atoms. The minimum absolute atomic E-state index is 0.0204. The van der Waals surface area contributed by atoms with E-state index in [2.05, 4.69) is 16.0 Å². The van der Waals surface area contributed by atoms with E-state index in [1.54, 1.807) is 0 Å². The van der Waals surface area contributed by atoms with Crippen LogP contribution in [0.2, 0.25) is 0 Å². The second kappa shape index (κ2) is 17.1. The Morgan fingerprint density at radius 3 is 1.50 bits per heavy atom. The SMILES string of the molecule is O=C(CCc1ccc(C(F)(F)[P+]([O-])([O-])O)cc1)Nc1cc(NC(=O)CCc2ccc(C(F)(F)[P+]([O-])(O)O)cc2)cc(C(=O)NC2CCC(C(=O)O)CC2)c1. The second-order valence-corrected chi connectivity index (χ2v) is 16.0. The number of carboxylic acids is 1. The second-order valence-electron chi connectivity index (χ2n) is 12.8. The van der Waals surface area contributed by atoms with Gasteiger partial charge in [0.2, 0.25) is 11.8 Å². The van der Waals surface area contributed by atoms with Gasteiger partial charge in [-0.25, -0.2) is 9.79 Å². The van der Waals surface area contributed by atoms with Crippen LogP contribution in [-0.4, -0.2) is 49.5 Å². The van der Waals surface area contributed by atoms with Crippen molar-refractivity contribution in [2.45, 2.75) is 68.7 Å². The predicted molar refractivity (Wildman–Crippen MR) is 182 cm³/mol. The fourth-order valence-electron chi connectivity index (χ4n) is 5.69. The predicted octanol–water partition coefficient (Wildman–Crippen LogP) is 2.88. The number of aryl methyl sites for hydroxylation is 2. The van der Waals surface area contributed by atoms with Crippen molar-refractivity contribution in [3.63, 3.8) is 0 Å². The third-order valence-electron chi connectivity index (χ3n) is 8.78. The van der Waals surface area contributed by atoms with Crippen LogP contribution in [-0.2, 0) is 38.6 Å². The fourth-order valence-corrected chi connectivity index (χ4v) is 6.66. The molecule has 0 atom stereocenters. The number of hydrogen-bond donors (Lipinski definition) is 7. The molecule has 292 valence electrons. The maximum Gasteiger partial charge on any atom is 0.428 e. The van der Waals surface area contributed by atoms with Gasteiger partial charge in [0.15, 0.2) is 0 Å². The molecule has 0 aliphatic heterocycles. The summed E-state index contributed by atoms with van der Waals surface area (Å²) in [5.74, 6) is -3.18. The average Bonchev–Trinajstić information content (AvgIpc) is 3.09. The molecule has 54 heavy (non-hydrogen) atoms. The van der Waals surface area contributed by atoms with E-state index in [9.17, 15) is 56.5 Å². The van der Waals surface area contributed by atoms with E-state index in [1.807, 2.05) is 0 Å². The standard InChI is InChI=1S/C34H37F4N3O11P2/c35-33(36,53(47,48)49)24-9-1-20(2-10-24)5-15-29(42)39-27-17-23(31(44)41-26-13-7-22(8-14-26)32(45)46)18-28(19-27)40-30(43)16-6-21-3-11-25(12-4-21)34(37,38)54(50,51)52/h1-4,9-12,17-19,22,26H,5-8,13-16H2,(H,39,42)(H,40,43)(H,41,44)(H,45,46)(H2,47,48,49)(H2,50,51,52)/p-1. The third-order valence-corrected chi connectivity index (χ3v) is 10.7. The number of carboxylic acid groups (broad SMARTS) is 1. The Hall–Kier alpha value is -4.12. The Bertz CT molecular complexity index is 1720. The zero-order valence-electron chi connectivity index (χ0n) is 28.2. The number of nitrogens with one attached hydrogen (secondary N) is 3. The number of benzene rings is 3. The lowest BCUT2D eigenvalue weighted by molar-refractivity contribution is -0.353. The van der Waals surface area contributed by atoms with E-state index in [0.29, 0.717) is 36.8 Å². The summed E-state index contributed by atoms with van der Waals surface area (Å²) in [5, 5.41) is 17.3. The number of rotatable bonds is 15. The normalized spacial score (nSPS) is 16.7. The summed E-state index contributed by atoms with van der Waals surface area (Å²) >= 11 is 0. The van der Waals surface area contributed by atoms with E-state index >= 15 is 0 Å². The van der Waals surface area contributed by atoms with Gasteiger partial charge in [-0.15, -0.1) is 0 Å². The molecule has 0 radical (unpaired) electrons. The molecule has 1 aliphatic carbocycles. The van der Waals surface area contributed by atoms with E-state index in [1.165, 1.54) is 42.5 Å². The first-order valence-corrected chi connectivity index (χ1v) is 19.6. The van der Waals surface area contributed by atoms with Crippen molar-refractivity contribution >= 4 is 51.0 Å². The largest absolute Gasteiger partial charge is 0.655 e. The van der Waals surface area contributed by atoms with Crippen molar-refractivity contribution < 1.29 is 71.2 Å². The zero-order chi connectivity index (χ0) is 40.1. The molecule has 1 fully saturated rings. The summed E-state index contributed by atoms with van der Waals surface area (Å²) in [6.45, 7) is 0. The highest BCUT2D eigenvalue weighted by Gasteiger charge is 2.55. The number of carbonyl (C=O) groups excluding carboxylic acids is 3. The van der Waals surface area contributed by atoms with Gasteiger partial charge in [0.1, 0.15) is 7.94 Å². The van der Waals surface area contributed by atoms with E-state index in [-0.39, 0.29) is 48.7 Å². The smallest absolute Gasteiger partial charge is 0.428 e. The van der Waals surface area contributed by atoms with Gasteiger partial charge >= 0.3 is 25.2 Å². The van der Waals surface area contributed by atoms with Crippen LogP contribution < -0.4 is 30.6 Å². The van der Waals surface area contributed by atoms with Gasteiger partial charge in [0, 0.05) is 35.8 Å². The molecule has 3 amide bonds. The van der Waals surface area contributed by atoms with Crippen molar-refractivity contribution in [3.05, 3.63) is 94.5 Å². The van der Waals surface area contributed by atoms with Gasteiger partial charge in [-0.2, -0.15) is 17.6 Å². The summed E-state index contributed by atoms with van der Waals surface area (Å²) in [6.07, 6.45) is 1.22. The number of aliphatic carboxylic acids is 1. The van der Waals surface area contributed by atoms with E-state index in [4.69, 9.17) is 14.7 Å². The Kier molecular flexibility index (Phi) is 13.5. The van der Waals surface area contributed by atoms with Crippen molar-refractivity contribution in [2.24, 2.45) is 5.92 Å². The van der Waals surface area contributed by atoms with Crippen LogP contribution in [0.15, 0.2) is 66.7 Å². The van der Waals surface area contributed by atoms with Gasteiger partial charge in [0.25, 0.3) is 5.91 Å². The molecule has 1 aliphatic rings. The van der Waals surface area contributed by atoms with Crippen LogP contribution >= 0.6 is 15.9 Å². The molecule has 20 heteroatoms. The van der Waals surface area contributed by atoms with Crippen molar-refractivity contribution in [2.75, 3.05) is 10.6 Å². The molecule has 1 saturated carbocycles. The highest BCUT2D eigenvalue weighted by Crippen LogP contribution is 2.62. The van der Waals surface area contributed by atoms with E-state index in [0.717, 1.165) is 24.3 Å². The van der Waals surface area contributed by atoms with Crippen LogP contribution in [0, 0.1) is 5.92 Å². The summed E-state index contributed by atoms with van der Waals surface area (Å²) in [5.41, 5.74) is -9.78. The van der Waals surface area contributed by atoms with Gasteiger partial charge in [-0.05, 0) is 92.1 Å². The van der Waals surface area contributed by atoms with Gasteiger partial charge in [0.05, 0.1) is 17.0 Å². The Balaban J connectivity index is 1.44. The lowest BCUT2D eigenvalue weighted by atomic mass is 9.86. The van der Waals surface area contributed by atoms with Gasteiger partial charge < -0.3 is 35.7 Å². The molecule has 14 nitrogen and oxygen atoms in total. The highest BCUT2D eigenvalue weighted by molar-refractivity contribution is 7.58. The summed E-state index contributed by atoms with van der Waals surface area (Å²) in [7, 11) is -11.8. The first-order valence-electron chi connectivity index (χ1n) is 16.4. The first-order chi connectivity index (χ1) is 25.1. The van der Waals surface area contributed by atoms with Crippen molar-refractivity contribution in [1.29, 1.82) is 0 Å². The number of alkyl halides is 4. The van der Waals surface area contributed by atoms with Crippen LogP contribution in [0.4, 0.5) is 28.9 Å². The summed E-state index contributed by atoms with van der Waals surface area (Å²) < 4.78 is 55.8. The van der Waals surface area contributed by atoms with Gasteiger partial charge in [-0.3, -0.25) is 24.1 Å². The fraction of sp³-hybridized carbons (Fsp3) is 0.353. The van der Waals surface area contributed by atoms with Gasteiger partial charge in [-0.1, -0.05) is 24.3 Å². The third kappa shape index (κ3) is 11.0. The lowest BCUT2D eigenvalue weighted by Crippen LogP contribution is -2.38. The monoisotopic (exact) mass is 800 g/mol. The van der Waals surface area contributed by atoms with Crippen LogP contribution in [0.1, 0.15) is 71.1 Å². The molecular weight excluding hydrogens is 764 g/mol. The van der Waals surface area contributed by atoms with E-state index < -0.39 is 67.9 Å². The van der Waals surface area contributed by atoms with Crippen LogP contribution in [0.3, 0.4) is 0 Å². The molecule has 0 saturated heterocycles. The molecule has 3 aromatic carbocycles. The number of hydrogen-bond acceptors (Lipinski definition) is 10. The zero-order valence-corrected chi connectivity index (χ0v) is 30.0. The lowest BCUT2D eigenvalue weighted by Gasteiger charge is -2.34. The minimum Gasteiger partial charge on any atom is -0.655 e. The number of anilines is 2. The first kappa shape index (κ1) is 42.6. The molecule has 3 aromatic rings. The quantitative estimate of drug-likeness (QED) is 0.0869. The number of carbonyl (C=O) groups is 4. The van der Waals surface area contributed by atoms with Crippen molar-refractivity contribution in [3.8, 4) is 0 Å². The number of amides is 3. The molecule has 7 N–H and O–H groups in total. The maximum atomic E-state index is 14.0. The van der Waals surface area contributed by atoms with Crippen molar-refractivity contribution in [1.82, 2.24) is 5.32 Å². The average molecular weight is 801 g/mol. The van der Waals surface area contributed by atoms with Crippen LogP contribution in [0.25, 0.3) is 0 Å². The minimum atomic E-state index is -6.02. The summed E-state index contributed by atoms with van der Waals surface area (Å²) in [4.78, 5) is 110. The molecule has 0 aromatic heterocycles. The maximum absolute atomic E-state index is 14.0. The summed E-state index contributed by atoms with van der Waals surface area (Å²) in [6, 6.07) is 11.7. The Labute approximate surface area is 307 Å². The topological polar surface area (TPSA) is 254 Å². The molecular formula is C34H36F4N3O11P2-. The highest BCUT2D eigenvalue weighted by atomic mass is 31.2. The Morgan fingerprint density at radius 2 is 1.11 bits per heavy atom. The molecule has 0 unspecified atom stereocenters. The molecule has 4 rings (SSSR count). The van der Waals surface area contributed by atoms with Crippen LogP contribution in [0.5, 0.6) is 0 Å². The number of halogens is 4. The molecule has 0 spiro atoms.